The molecule has 0 saturated carbocycles. The molecule has 9 aromatic carbocycles. The number of aromatic nitrogens is 4. The van der Waals surface area contributed by atoms with E-state index < -0.39 is 10.0 Å². The highest BCUT2D eigenvalue weighted by Gasteiger charge is 2.34. The maximum Gasteiger partial charge on any atom is 0.255 e. The molecule has 3 aromatic heterocycles. The van der Waals surface area contributed by atoms with E-state index in [1.165, 1.54) is 36.3 Å². The van der Waals surface area contributed by atoms with Crippen LogP contribution in [0.1, 0.15) is 79.0 Å². The summed E-state index contributed by atoms with van der Waals surface area (Å²) >= 11 is 0. The molecule has 12 rings (SSSR count). The molecule has 0 N–H and O–H groups in total. The third kappa shape index (κ3) is 9.18. The Balaban J connectivity index is 0.968. The van der Waals surface area contributed by atoms with E-state index >= 15 is 0 Å². The highest BCUT2D eigenvalue weighted by atomic mass is 32.3. The summed E-state index contributed by atoms with van der Waals surface area (Å²) in [6, 6.07) is 84.4. The van der Waals surface area contributed by atoms with Gasteiger partial charge in [-0.3, -0.25) is 4.57 Å². The number of nitrogens with zero attached hydrogens (tertiary/aromatic N) is 4. The number of hydrogen-bond donors (Lipinski definition) is 0. The molecule has 0 bridgehead atoms. The van der Waals surface area contributed by atoms with E-state index in [1.807, 2.05) is 12.3 Å². The van der Waals surface area contributed by atoms with Crippen molar-refractivity contribution >= 4 is 42.9 Å². The number of para-hydroxylation sites is 2. The van der Waals surface area contributed by atoms with Gasteiger partial charge in [-0.2, -0.15) is 9.13 Å². The van der Waals surface area contributed by atoms with Crippen molar-refractivity contribution in [3.63, 3.8) is 0 Å². The Kier molecular flexibility index (Phi) is 12.6. The lowest BCUT2D eigenvalue weighted by molar-refractivity contribution is -0.567. The normalized spacial score (nSPS) is 12.6. The minimum atomic E-state index is -1.88. The molecule has 0 amide bonds. The Labute approximate surface area is 461 Å². The molecule has 0 saturated heterocycles. The van der Waals surface area contributed by atoms with Crippen molar-refractivity contribution in [1.82, 2.24) is 14.1 Å². The Bertz CT molecular complexity index is 4040. The maximum absolute atomic E-state index is 6.92. The van der Waals surface area contributed by atoms with E-state index in [1.54, 1.807) is 0 Å². The molecular formula is C72H67N4OS+. The molecule has 0 aliphatic heterocycles. The molecule has 5 nitrogen and oxygen atoms in total. The van der Waals surface area contributed by atoms with Gasteiger partial charge in [0.05, 0.1) is 11.0 Å². The Morgan fingerprint density at radius 1 is 0.410 bits per heavy atom. The first-order chi connectivity index (χ1) is 37.5. The summed E-state index contributed by atoms with van der Waals surface area (Å²) in [5, 5.41) is 2.27. The molecule has 3 heterocycles. The van der Waals surface area contributed by atoms with Crippen molar-refractivity contribution in [3.8, 4) is 39.8 Å². The predicted octanol–water partition coefficient (Wildman–Crippen LogP) is 19.1. The first kappa shape index (κ1) is 50.4. The highest BCUT2D eigenvalue weighted by Crippen LogP contribution is 2.73. The van der Waals surface area contributed by atoms with E-state index in [2.05, 4.69) is 307 Å². The summed E-state index contributed by atoms with van der Waals surface area (Å²) in [6.07, 6.45) is 4.17. The Morgan fingerprint density at radius 3 is 1.63 bits per heavy atom. The minimum absolute atomic E-state index is 0.00927. The molecule has 0 unspecified atom stereocenters. The van der Waals surface area contributed by atoms with E-state index in [4.69, 9.17) is 9.72 Å². The second kappa shape index (κ2) is 19.5. The number of imidazole rings is 1. The zero-order valence-corrected chi connectivity index (χ0v) is 47.0. The van der Waals surface area contributed by atoms with Crippen molar-refractivity contribution in [2.24, 2.45) is 0 Å². The van der Waals surface area contributed by atoms with Crippen LogP contribution in [0.4, 0.5) is 0 Å². The first-order valence-electron chi connectivity index (χ1n) is 27.1. The van der Waals surface area contributed by atoms with E-state index in [-0.39, 0.29) is 16.2 Å². The Morgan fingerprint density at radius 2 is 0.987 bits per heavy atom. The highest BCUT2D eigenvalue weighted by molar-refractivity contribution is 8.34. The van der Waals surface area contributed by atoms with Crippen molar-refractivity contribution in [2.75, 3.05) is 0 Å². The third-order valence-electron chi connectivity index (χ3n) is 15.3. The second-order valence-electron chi connectivity index (χ2n) is 23.7. The van der Waals surface area contributed by atoms with Crippen LogP contribution in [0.15, 0.2) is 263 Å². The molecule has 0 aliphatic rings. The van der Waals surface area contributed by atoms with Crippen LogP contribution in [0.2, 0.25) is 0 Å². The fraction of sp³-hybridized carbons (Fsp3) is 0.167. The lowest BCUT2D eigenvalue weighted by Crippen LogP contribution is -2.31. The van der Waals surface area contributed by atoms with Gasteiger partial charge >= 0.3 is 0 Å². The smallest absolute Gasteiger partial charge is 0.255 e. The summed E-state index contributed by atoms with van der Waals surface area (Å²) in [4.78, 5) is 10.2. The van der Waals surface area contributed by atoms with Gasteiger partial charge in [0, 0.05) is 48.7 Å². The van der Waals surface area contributed by atoms with Crippen LogP contribution in [0.25, 0.3) is 61.2 Å². The average molecular weight is 1040 g/mol. The largest absolute Gasteiger partial charge is 0.457 e. The van der Waals surface area contributed by atoms with Crippen LogP contribution in [0, 0.1) is 0 Å². The predicted molar refractivity (Wildman–Crippen MR) is 325 cm³/mol. The first-order valence-corrected chi connectivity index (χ1v) is 28.8. The monoisotopic (exact) mass is 1040 g/mol. The topological polar surface area (TPSA) is 35.9 Å². The standard InChI is InChI=1S/C72H67N4OS/c1-70(2,3)52-39-40-73-69(46-52)76-65-38-35-51(50-23-21-32-62(41-50)78(59-26-13-10-14-27-59,60-28-15-11-16-29-60)61-30-17-12-18-31-61)42-64(65)63-37-36-58(48-68(63)76)77-57-25-22-24-55(47-57)74-49-75(67-34-20-19-33-66(67)74)56-44-53(71(4,5)6)43-54(45-56)72(7,8)9/h10-49H,1-9H3/q+1. The SMILES string of the molecule is CC(C)(C)c1cc(-[n+]2cn(-c3cccc(Oc4ccc5c6cc(-c7cccc(S(c8ccccc8)(c8ccccc8)c8ccccc8)c7)ccc6n(-c6cc(C(C)(C)C)ccn6)c5c4)c3)c3ccccc32)cc(C(C)(C)C)c1. The van der Waals surface area contributed by atoms with Crippen LogP contribution < -0.4 is 9.30 Å². The summed E-state index contributed by atoms with van der Waals surface area (Å²) in [7, 11) is -1.88. The summed E-state index contributed by atoms with van der Waals surface area (Å²) in [5.74, 6) is 2.36. The number of hydrogen-bond acceptors (Lipinski definition) is 2. The van der Waals surface area contributed by atoms with Crippen molar-refractivity contribution in [2.45, 2.75) is 98.1 Å². The van der Waals surface area contributed by atoms with E-state index in [0.717, 1.165) is 72.7 Å². The van der Waals surface area contributed by atoms with Crippen molar-refractivity contribution in [1.29, 1.82) is 0 Å². The molecular weight excluding hydrogens is 969 g/mol. The van der Waals surface area contributed by atoms with Crippen molar-refractivity contribution in [3.05, 3.63) is 260 Å². The molecule has 0 spiro atoms. The van der Waals surface area contributed by atoms with Gasteiger partial charge in [0.15, 0.2) is 11.0 Å². The zero-order chi connectivity index (χ0) is 54.0. The van der Waals surface area contributed by atoms with Gasteiger partial charge in [-0.15, -0.1) is 10.0 Å². The molecule has 6 heteroatoms. The molecule has 78 heavy (non-hydrogen) atoms. The quantitative estimate of drug-likeness (QED) is 0.128. The van der Waals surface area contributed by atoms with Gasteiger partial charge in [-0.05, 0) is 165 Å². The van der Waals surface area contributed by atoms with Crippen LogP contribution in [-0.4, -0.2) is 14.1 Å². The van der Waals surface area contributed by atoms with E-state index in [0.29, 0.717) is 0 Å². The van der Waals surface area contributed by atoms with Gasteiger partial charge in [0.25, 0.3) is 6.33 Å². The average Bonchev–Trinajstić information content (AvgIpc) is 4.19. The number of ether oxygens (including phenoxy) is 1. The summed E-state index contributed by atoms with van der Waals surface area (Å²) in [5.41, 5.74) is 12.6. The summed E-state index contributed by atoms with van der Waals surface area (Å²) in [6.45, 7) is 20.5. The minimum Gasteiger partial charge on any atom is -0.457 e. The summed E-state index contributed by atoms with van der Waals surface area (Å²) < 4.78 is 13.8. The Hall–Kier alpha value is -8.45. The van der Waals surface area contributed by atoms with Gasteiger partial charge < -0.3 is 4.74 Å². The number of fused-ring (bicyclic) bond motifs is 4. The third-order valence-corrected chi connectivity index (χ3v) is 19.2. The molecule has 0 fully saturated rings. The van der Waals surface area contributed by atoms with Crippen LogP contribution in [0.3, 0.4) is 0 Å². The molecule has 386 valence electrons. The van der Waals surface area contributed by atoms with Crippen LogP contribution >= 0.6 is 10.0 Å². The van der Waals surface area contributed by atoms with Gasteiger partial charge in [0.2, 0.25) is 0 Å². The fourth-order valence-electron chi connectivity index (χ4n) is 11.0. The van der Waals surface area contributed by atoms with Gasteiger partial charge in [-0.1, -0.05) is 159 Å². The molecule has 0 radical (unpaired) electrons. The van der Waals surface area contributed by atoms with Crippen molar-refractivity contribution < 1.29 is 9.30 Å². The lowest BCUT2D eigenvalue weighted by atomic mass is 9.80. The fourth-order valence-corrected chi connectivity index (χ4v) is 14.9. The van der Waals surface area contributed by atoms with Gasteiger partial charge in [0.1, 0.15) is 28.7 Å². The van der Waals surface area contributed by atoms with E-state index in [9.17, 15) is 0 Å². The number of rotatable bonds is 10. The molecule has 0 atom stereocenters. The number of pyridine rings is 1. The second-order valence-corrected chi connectivity index (χ2v) is 26.8. The molecule has 12 aromatic rings. The maximum atomic E-state index is 6.92. The van der Waals surface area contributed by atoms with Crippen LogP contribution in [-0.2, 0) is 16.2 Å². The van der Waals surface area contributed by atoms with Gasteiger partial charge in [-0.25, -0.2) is 4.98 Å². The zero-order valence-electron chi connectivity index (χ0n) is 46.2. The van der Waals surface area contributed by atoms with Crippen LogP contribution in [0.5, 0.6) is 11.5 Å². The number of benzene rings is 9. The molecule has 0 aliphatic carbocycles. The lowest BCUT2D eigenvalue weighted by Gasteiger charge is -2.42.